The van der Waals surface area contributed by atoms with E-state index in [0.717, 1.165) is 24.2 Å². The average molecular weight is 344 g/mol. The first-order chi connectivity index (χ1) is 11.5. The van der Waals surface area contributed by atoms with Crippen LogP contribution in [0.2, 0.25) is 0 Å². The molecule has 1 aliphatic carbocycles. The SMILES string of the molecule is CCOC(=O)C1CSC2=C(Nc3ccccc3)CC(C)(C)CC2=N1. The first kappa shape index (κ1) is 17.1. The molecule has 1 atom stereocenters. The molecule has 0 radical (unpaired) electrons. The topological polar surface area (TPSA) is 50.7 Å². The number of aliphatic imine (C=N–C) groups is 1. The number of carbonyl (C=O) groups excluding carboxylic acids is 1. The minimum atomic E-state index is -0.374. The van der Waals surface area contributed by atoms with Gasteiger partial charge in [-0.2, -0.15) is 0 Å². The number of ether oxygens (including phenoxy) is 1. The van der Waals surface area contributed by atoms with Gasteiger partial charge in [0.15, 0.2) is 6.04 Å². The zero-order valence-electron chi connectivity index (χ0n) is 14.5. The van der Waals surface area contributed by atoms with Crippen LogP contribution in [0.15, 0.2) is 45.9 Å². The van der Waals surface area contributed by atoms with Crippen molar-refractivity contribution in [2.45, 2.75) is 39.7 Å². The summed E-state index contributed by atoms with van der Waals surface area (Å²) in [6.45, 7) is 6.73. The number of nitrogens with zero attached hydrogens (tertiary/aromatic N) is 1. The van der Waals surface area contributed by atoms with Gasteiger partial charge in [-0.1, -0.05) is 32.0 Å². The van der Waals surface area contributed by atoms with E-state index < -0.39 is 0 Å². The van der Waals surface area contributed by atoms with Crippen molar-refractivity contribution in [3.05, 3.63) is 40.9 Å². The van der Waals surface area contributed by atoms with Crippen molar-refractivity contribution in [3.8, 4) is 0 Å². The molecule has 0 bridgehead atoms. The van der Waals surface area contributed by atoms with Crippen LogP contribution in [0.5, 0.6) is 0 Å². The molecule has 128 valence electrons. The smallest absolute Gasteiger partial charge is 0.331 e. The van der Waals surface area contributed by atoms with Crippen molar-refractivity contribution in [1.82, 2.24) is 0 Å². The van der Waals surface area contributed by atoms with E-state index in [9.17, 15) is 4.79 Å². The highest BCUT2D eigenvalue weighted by molar-refractivity contribution is 8.04. The molecule has 3 rings (SSSR count). The molecule has 0 amide bonds. The van der Waals surface area contributed by atoms with Crippen LogP contribution in [0.4, 0.5) is 5.69 Å². The van der Waals surface area contributed by atoms with Gasteiger partial charge in [0.2, 0.25) is 0 Å². The largest absolute Gasteiger partial charge is 0.464 e. The maximum atomic E-state index is 12.0. The van der Waals surface area contributed by atoms with Gasteiger partial charge in [0, 0.05) is 22.0 Å². The van der Waals surface area contributed by atoms with Gasteiger partial charge in [0.05, 0.1) is 12.3 Å². The zero-order chi connectivity index (χ0) is 17.2. The molecule has 4 nitrogen and oxygen atoms in total. The van der Waals surface area contributed by atoms with Crippen molar-refractivity contribution < 1.29 is 9.53 Å². The Morgan fingerprint density at radius 3 is 2.79 bits per heavy atom. The lowest BCUT2D eigenvalue weighted by Crippen LogP contribution is -2.34. The van der Waals surface area contributed by atoms with Gasteiger partial charge in [-0.3, -0.25) is 4.99 Å². The van der Waals surface area contributed by atoms with Gasteiger partial charge in [0.1, 0.15) is 0 Å². The number of nitrogens with one attached hydrogen (secondary N) is 1. The summed E-state index contributed by atoms with van der Waals surface area (Å²) in [5.74, 6) is 0.440. The van der Waals surface area contributed by atoms with Crippen LogP contribution in [0, 0.1) is 5.41 Å². The highest BCUT2D eigenvalue weighted by atomic mass is 32.2. The van der Waals surface area contributed by atoms with E-state index in [2.05, 4.69) is 31.3 Å². The summed E-state index contributed by atoms with van der Waals surface area (Å²) in [4.78, 5) is 18.0. The van der Waals surface area contributed by atoms with Crippen molar-refractivity contribution in [1.29, 1.82) is 0 Å². The highest BCUT2D eigenvalue weighted by Gasteiger charge is 2.36. The second-order valence-corrected chi connectivity index (χ2v) is 8.00. The number of benzene rings is 1. The van der Waals surface area contributed by atoms with Gasteiger partial charge < -0.3 is 10.1 Å². The Balaban J connectivity index is 1.90. The number of fused-ring (bicyclic) bond motifs is 1. The lowest BCUT2D eigenvalue weighted by Gasteiger charge is -2.36. The second kappa shape index (κ2) is 7.01. The van der Waals surface area contributed by atoms with Crippen LogP contribution in [0.3, 0.4) is 0 Å². The number of carbonyl (C=O) groups is 1. The van der Waals surface area contributed by atoms with Crippen LogP contribution in [0.1, 0.15) is 33.6 Å². The molecule has 0 fully saturated rings. The van der Waals surface area contributed by atoms with Crippen molar-refractivity contribution in [2.24, 2.45) is 10.4 Å². The summed E-state index contributed by atoms with van der Waals surface area (Å²) < 4.78 is 5.14. The maximum Gasteiger partial charge on any atom is 0.331 e. The summed E-state index contributed by atoms with van der Waals surface area (Å²) in [6, 6.07) is 9.84. The van der Waals surface area contributed by atoms with Gasteiger partial charge >= 0.3 is 5.97 Å². The number of allylic oxidation sites excluding steroid dienone is 2. The molecule has 0 saturated carbocycles. The third-order valence-corrected chi connectivity index (χ3v) is 5.42. The van der Waals surface area contributed by atoms with Gasteiger partial charge in [0.25, 0.3) is 0 Å². The molecule has 1 N–H and O–H groups in total. The number of esters is 1. The quantitative estimate of drug-likeness (QED) is 0.830. The normalized spacial score (nSPS) is 22.5. The van der Waals surface area contributed by atoms with E-state index in [4.69, 9.17) is 9.73 Å². The van der Waals surface area contributed by atoms with Gasteiger partial charge in [-0.25, -0.2) is 4.79 Å². The van der Waals surface area contributed by atoms with E-state index in [-0.39, 0.29) is 17.4 Å². The lowest BCUT2D eigenvalue weighted by molar-refractivity contribution is -0.143. The average Bonchev–Trinajstić information content (AvgIpc) is 2.54. The molecule has 0 spiro atoms. The molecule has 1 aromatic rings. The van der Waals surface area contributed by atoms with Crippen LogP contribution >= 0.6 is 11.8 Å². The van der Waals surface area contributed by atoms with Crippen LogP contribution in [0.25, 0.3) is 0 Å². The van der Waals surface area contributed by atoms with Crippen LogP contribution in [-0.2, 0) is 9.53 Å². The molecule has 5 heteroatoms. The zero-order valence-corrected chi connectivity index (χ0v) is 15.3. The minimum absolute atomic E-state index is 0.122. The van der Waals surface area contributed by atoms with E-state index in [0.29, 0.717) is 12.4 Å². The molecule has 1 aliphatic heterocycles. The highest BCUT2D eigenvalue weighted by Crippen LogP contribution is 2.43. The Kier molecular flexibility index (Phi) is 4.99. The Bertz CT molecular complexity index is 680. The molecule has 0 saturated heterocycles. The standard InChI is InChI=1S/C19H24N2O2S/c1-4-23-18(22)16-12-24-17-14(20-13-8-6-5-7-9-13)10-19(2,3)11-15(17)21-16/h5-9,16,20H,4,10-12H2,1-3H3. The minimum Gasteiger partial charge on any atom is -0.464 e. The fourth-order valence-electron chi connectivity index (χ4n) is 3.15. The first-order valence-corrected chi connectivity index (χ1v) is 9.39. The van der Waals surface area contributed by atoms with Crippen molar-refractivity contribution >= 4 is 29.1 Å². The predicted octanol–water partition coefficient (Wildman–Crippen LogP) is 4.25. The summed E-state index contributed by atoms with van der Waals surface area (Å²) in [5.41, 5.74) is 3.46. The fraction of sp³-hybridized carbons (Fsp3) is 0.474. The van der Waals surface area contributed by atoms with Crippen molar-refractivity contribution in [2.75, 3.05) is 17.7 Å². The fourth-order valence-corrected chi connectivity index (χ4v) is 4.27. The molecule has 1 unspecified atom stereocenters. The Labute approximate surface area is 147 Å². The van der Waals surface area contributed by atoms with E-state index in [1.807, 2.05) is 25.1 Å². The molecule has 2 aliphatic rings. The number of hydrogen-bond acceptors (Lipinski definition) is 5. The number of rotatable bonds is 4. The van der Waals surface area contributed by atoms with Gasteiger partial charge in [-0.05, 0) is 37.3 Å². The Morgan fingerprint density at radius 1 is 1.33 bits per heavy atom. The number of para-hydroxylation sites is 1. The number of anilines is 1. The molecular formula is C19H24N2O2S. The predicted molar refractivity (Wildman–Crippen MR) is 100 cm³/mol. The molecule has 24 heavy (non-hydrogen) atoms. The summed E-state index contributed by atoms with van der Waals surface area (Å²) in [7, 11) is 0. The summed E-state index contributed by atoms with van der Waals surface area (Å²) in [6.07, 6.45) is 1.87. The lowest BCUT2D eigenvalue weighted by atomic mass is 9.78. The first-order valence-electron chi connectivity index (χ1n) is 8.40. The Morgan fingerprint density at radius 2 is 2.08 bits per heavy atom. The molecular weight excluding hydrogens is 320 g/mol. The monoisotopic (exact) mass is 344 g/mol. The molecule has 1 aromatic carbocycles. The van der Waals surface area contributed by atoms with Gasteiger partial charge in [-0.15, -0.1) is 11.8 Å². The van der Waals surface area contributed by atoms with E-state index >= 15 is 0 Å². The van der Waals surface area contributed by atoms with Crippen LogP contribution < -0.4 is 5.32 Å². The third-order valence-electron chi connectivity index (χ3n) is 4.16. The van der Waals surface area contributed by atoms with Crippen molar-refractivity contribution in [3.63, 3.8) is 0 Å². The van der Waals surface area contributed by atoms with E-state index in [1.165, 1.54) is 10.6 Å². The van der Waals surface area contributed by atoms with E-state index in [1.54, 1.807) is 11.8 Å². The summed E-state index contributed by atoms with van der Waals surface area (Å²) in [5, 5.41) is 3.57. The molecule has 1 heterocycles. The number of hydrogen-bond donors (Lipinski definition) is 1. The Hall–Kier alpha value is -1.75. The van der Waals surface area contributed by atoms with Crippen LogP contribution in [-0.4, -0.2) is 30.1 Å². The maximum absolute atomic E-state index is 12.0. The second-order valence-electron chi connectivity index (χ2n) is 6.97. The third kappa shape index (κ3) is 3.83. The summed E-state index contributed by atoms with van der Waals surface area (Å²) >= 11 is 1.72. The number of thioether (sulfide) groups is 1. The molecule has 0 aromatic heterocycles.